The molecule has 2 aromatic carbocycles. The van der Waals surface area contributed by atoms with Crippen molar-refractivity contribution in [2.75, 3.05) is 5.32 Å². The Balaban J connectivity index is 1.79. The summed E-state index contributed by atoms with van der Waals surface area (Å²) in [5.41, 5.74) is 2.58. The van der Waals surface area contributed by atoms with Crippen molar-refractivity contribution in [1.29, 1.82) is 0 Å². The first-order valence-corrected chi connectivity index (χ1v) is 8.28. The number of rotatable bonds is 4. The van der Waals surface area contributed by atoms with Crippen molar-refractivity contribution >= 4 is 34.8 Å². The number of benzene rings is 2. The molecule has 0 saturated heterocycles. The van der Waals surface area contributed by atoms with Crippen LogP contribution in [0.4, 0.5) is 5.69 Å². The SMILES string of the molecule is CCc1ccc(NC(=O)c2ccc(-c3cccc(Cl)c3Cl)o2)cc1. The summed E-state index contributed by atoms with van der Waals surface area (Å²) in [5, 5.41) is 3.64. The van der Waals surface area contributed by atoms with Gasteiger partial charge in [0.25, 0.3) is 5.91 Å². The highest BCUT2D eigenvalue weighted by molar-refractivity contribution is 6.43. The fourth-order valence-corrected chi connectivity index (χ4v) is 2.71. The first kappa shape index (κ1) is 16.6. The molecule has 3 aromatic rings. The molecule has 0 aliphatic carbocycles. The van der Waals surface area contributed by atoms with Gasteiger partial charge in [0.15, 0.2) is 5.76 Å². The molecule has 122 valence electrons. The van der Waals surface area contributed by atoms with E-state index < -0.39 is 0 Å². The van der Waals surface area contributed by atoms with Gasteiger partial charge in [0, 0.05) is 11.3 Å². The van der Waals surface area contributed by atoms with Crippen LogP contribution in [-0.2, 0) is 6.42 Å². The number of halogens is 2. The van der Waals surface area contributed by atoms with Crippen molar-refractivity contribution in [3.8, 4) is 11.3 Å². The van der Waals surface area contributed by atoms with Crippen molar-refractivity contribution in [2.45, 2.75) is 13.3 Å². The van der Waals surface area contributed by atoms with Crippen LogP contribution in [0.5, 0.6) is 0 Å². The third-order valence-corrected chi connectivity index (χ3v) is 4.49. The van der Waals surface area contributed by atoms with Gasteiger partial charge in [0.1, 0.15) is 5.76 Å². The van der Waals surface area contributed by atoms with E-state index in [0.29, 0.717) is 21.4 Å². The third kappa shape index (κ3) is 3.48. The molecule has 0 unspecified atom stereocenters. The van der Waals surface area contributed by atoms with Crippen LogP contribution in [0, 0.1) is 0 Å². The van der Waals surface area contributed by atoms with E-state index in [-0.39, 0.29) is 11.7 Å². The van der Waals surface area contributed by atoms with E-state index >= 15 is 0 Å². The summed E-state index contributed by atoms with van der Waals surface area (Å²) in [6.45, 7) is 2.08. The third-order valence-electron chi connectivity index (χ3n) is 3.67. The summed E-state index contributed by atoms with van der Waals surface area (Å²) in [6.07, 6.45) is 0.955. The Hall–Kier alpha value is -2.23. The molecule has 1 heterocycles. The second kappa shape index (κ2) is 7.12. The number of carbonyl (C=O) groups is 1. The molecule has 3 nitrogen and oxygen atoms in total. The van der Waals surface area contributed by atoms with Gasteiger partial charge < -0.3 is 9.73 Å². The molecule has 0 aliphatic rings. The van der Waals surface area contributed by atoms with Gasteiger partial charge in [0.05, 0.1) is 10.0 Å². The normalized spacial score (nSPS) is 10.6. The van der Waals surface area contributed by atoms with Gasteiger partial charge >= 0.3 is 0 Å². The van der Waals surface area contributed by atoms with Crippen molar-refractivity contribution in [3.05, 3.63) is 76.0 Å². The van der Waals surface area contributed by atoms with Crippen LogP contribution in [0.15, 0.2) is 59.0 Å². The minimum atomic E-state index is -0.316. The average Bonchev–Trinajstić information content (AvgIpc) is 3.08. The van der Waals surface area contributed by atoms with Crippen LogP contribution >= 0.6 is 23.2 Å². The fourth-order valence-electron chi connectivity index (χ4n) is 2.32. The lowest BCUT2D eigenvalue weighted by Crippen LogP contribution is -2.10. The highest BCUT2D eigenvalue weighted by Gasteiger charge is 2.15. The molecule has 0 bridgehead atoms. The minimum absolute atomic E-state index is 0.209. The number of nitrogens with one attached hydrogen (secondary N) is 1. The number of anilines is 1. The maximum absolute atomic E-state index is 12.3. The zero-order chi connectivity index (χ0) is 17.1. The van der Waals surface area contributed by atoms with Crippen molar-refractivity contribution in [3.63, 3.8) is 0 Å². The largest absolute Gasteiger partial charge is 0.451 e. The summed E-state index contributed by atoms with van der Waals surface area (Å²) in [7, 11) is 0. The predicted molar refractivity (Wildman–Crippen MR) is 97.9 cm³/mol. The standard InChI is InChI=1S/C19H15Cl2NO2/c1-2-12-6-8-13(9-7-12)22-19(23)17-11-10-16(24-17)14-4-3-5-15(20)18(14)21/h3-11H,2H2,1H3,(H,22,23). The maximum atomic E-state index is 12.3. The summed E-state index contributed by atoms with van der Waals surface area (Å²) < 4.78 is 5.63. The monoisotopic (exact) mass is 359 g/mol. The molecule has 0 aliphatic heterocycles. The smallest absolute Gasteiger partial charge is 0.291 e. The number of carbonyl (C=O) groups excluding carboxylic acids is 1. The van der Waals surface area contributed by atoms with Gasteiger partial charge in [0.2, 0.25) is 0 Å². The Kier molecular flexibility index (Phi) is 4.93. The summed E-state index contributed by atoms with van der Waals surface area (Å²) >= 11 is 12.2. The van der Waals surface area contributed by atoms with Gasteiger partial charge in [-0.05, 0) is 48.4 Å². The fraction of sp³-hybridized carbons (Fsp3) is 0.105. The Morgan fingerprint density at radius 1 is 1.04 bits per heavy atom. The summed E-state index contributed by atoms with van der Waals surface area (Å²) in [5.74, 6) is 0.387. The second-order valence-electron chi connectivity index (χ2n) is 5.27. The zero-order valence-corrected chi connectivity index (χ0v) is 14.5. The molecular formula is C19H15Cl2NO2. The van der Waals surface area contributed by atoms with Crippen LogP contribution in [0.25, 0.3) is 11.3 Å². The van der Waals surface area contributed by atoms with Crippen molar-refractivity contribution in [2.24, 2.45) is 0 Å². The predicted octanol–water partition coefficient (Wildman–Crippen LogP) is 6.07. The molecule has 0 spiro atoms. The van der Waals surface area contributed by atoms with Crippen LogP contribution in [0.2, 0.25) is 10.0 Å². The first-order chi connectivity index (χ1) is 11.6. The number of hydrogen-bond donors (Lipinski definition) is 1. The van der Waals surface area contributed by atoms with E-state index in [9.17, 15) is 4.79 Å². The molecule has 1 N–H and O–H groups in total. The number of aryl methyl sites for hydroxylation is 1. The molecule has 5 heteroatoms. The lowest BCUT2D eigenvalue weighted by Gasteiger charge is -2.05. The Morgan fingerprint density at radius 2 is 1.79 bits per heavy atom. The van der Waals surface area contributed by atoms with Crippen LogP contribution in [-0.4, -0.2) is 5.91 Å². The number of furan rings is 1. The molecule has 0 fully saturated rings. The molecule has 1 amide bonds. The van der Waals surface area contributed by atoms with Crippen molar-refractivity contribution < 1.29 is 9.21 Å². The Bertz CT molecular complexity index is 869. The summed E-state index contributed by atoms with van der Waals surface area (Å²) in [6, 6.07) is 16.3. The van der Waals surface area contributed by atoms with Gasteiger partial charge in [-0.25, -0.2) is 0 Å². The van der Waals surface area contributed by atoms with Gasteiger partial charge in [-0.3, -0.25) is 4.79 Å². The van der Waals surface area contributed by atoms with Crippen LogP contribution in [0.3, 0.4) is 0 Å². The molecule has 1 aromatic heterocycles. The van der Waals surface area contributed by atoms with Gasteiger partial charge in [-0.15, -0.1) is 0 Å². The van der Waals surface area contributed by atoms with E-state index in [0.717, 1.165) is 12.1 Å². The van der Waals surface area contributed by atoms with E-state index in [2.05, 4.69) is 12.2 Å². The quantitative estimate of drug-likeness (QED) is 0.614. The van der Waals surface area contributed by atoms with Crippen LogP contribution < -0.4 is 5.32 Å². The molecule has 0 saturated carbocycles. The molecular weight excluding hydrogens is 345 g/mol. The van der Waals surface area contributed by atoms with E-state index in [1.807, 2.05) is 24.3 Å². The van der Waals surface area contributed by atoms with E-state index in [1.54, 1.807) is 30.3 Å². The molecule has 0 radical (unpaired) electrons. The minimum Gasteiger partial charge on any atom is -0.451 e. The lowest BCUT2D eigenvalue weighted by atomic mass is 10.1. The summed E-state index contributed by atoms with van der Waals surface area (Å²) in [4.78, 5) is 12.3. The molecule has 0 atom stereocenters. The Morgan fingerprint density at radius 3 is 2.50 bits per heavy atom. The maximum Gasteiger partial charge on any atom is 0.291 e. The molecule has 24 heavy (non-hydrogen) atoms. The first-order valence-electron chi connectivity index (χ1n) is 7.53. The lowest BCUT2D eigenvalue weighted by molar-refractivity contribution is 0.0997. The Labute approximate surface area is 150 Å². The average molecular weight is 360 g/mol. The van der Waals surface area contributed by atoms with Crippen molar-refractivity contribution in [1.82, 2.24) is 0 Å². The highest BCUT2D eigenvalue weighted by Crippen LogP contribution is 2.34. The van der Waals surface area contributed by atoms with E-state index in [4.69, 9.17) is 27.6 Å². The van der Waals surface area contributed by atoms with Gasteiger partial charge in [-0.1, -0.05) is 48.3 Å². The highest BCUT2D eigenvalue weighted by atomic mass is 35.5. The van der Waals surface area contributed by atoms with Crippen LogP contribution in [0.1, 0.15) is 23.0 Å². The second-order valence-corrected chi connectivity index (χ2v) is 6.06. The number of hydrogen-bond acceptors (Lipinski definition) is 2. The van der Waals surface area contributed by atoms with Gasteiger partial charge in [-0.2, -0.15) is 0 Å². The van der Waals surface area contributed by atoms with E-state index in [1.165, 1.54) is 5.56 Å². The zero-order valence-electron chi connectivity index (χ0n) is 13.0. The topological polar surface area (TPSA) is 42.2 Å². The molecule has 3 rings (SSSR count). The number of amides is 1.